The van der Waals surface area contributed by atoms with Crippen molar-refractivity contribution in [3.8, 4) is 5.69 Å². The van der Waals surface area contributed by atoms with Crippen molar-refractivity contribution in [3.63, 3.8) is 0 Å². The average molecular weight is 504 g/mol. The van der Waals surface area contributed by atoms with Gasteiger partial charge in [-0.1, -0.05) is 12.1 Å². The van der Waals surface area contributed by atoms with Crippen molar-refractivity contribution in [1.82, 2.24) is 9.13 Å². The second kappa shape index (κ2) is 9.19. The van der Waals surface area contributed by atoms with E-state index in [1.165, 1.54) is 19.1 Å². The minimum absolute atomic E-state index is 0.0323. The van der Waals surface area contributed by atoms with E-state index < -0.39 is 47.4 Å². The number of fused-ring (bicyclic) bond motifs is 1. The molecule has 0 amide bonds. The first kappa shape index (κ1) is 25.0. The van der Waals surface area contributed by atoms with Gasteiger partial charge >= 0.3 is 17.8 Å². The highest BCUT2D eigenvalue weighted by molar-refractivity contribution is 5.88. The molecule has 190 valence electrons. The fourth-order valence-electron chi connectivity index (χ4n) is 4.12. The molecule has 4 rings (SSSR count). The number of nitrogens with one attached hydrogen (secondary N) is 2. The van der Waals surface area contributed by atoms with Crippen molar-refractivity contribution in [3.05, 3.63) is 85.2 Å². The Morgan fingerprint density at radius 3 is 2.44 bits per heavy atom. The van der Waals surface area contributed by atoms with E-state index in [-0.39, 0.29) is 17.7 Å². The van der Waals surface area contributed by atoms with Gasteiger partial charge in [0.25, 0.3) is 5.56 Å². The lowest BCUT2D eigenvalue weighted by atomic mass is 10.0. The molecule has 1 unspecified atom stereocenters. The van der Waals surface area contributed by atoms with E-state index >= 15 is 0 Å². The van der Waals surface area contributed by atoms with E-state index in [1.807, 2.05) is 0 Å². The number of nitrogens with zero attached hydrogens (tertiary/aromatic N) is 2. The molecule has 9 nitrogen and oxygen atoms in total. The van der Waals surface area contributed by atoms with Crippen LogP contribution in [0.1, 0.15) is 39.5 Å². The van der Waals surface area contributed by atoms with Crippen LogP contribution in [0, 0.1) is 13.8 Å². The van der Waals surface area contributed by atoms with Gasteiger partial charge in [-0.15, -0.1) is 0 Å². The van der Waals surface area contributed by atoms with Gasteiger partial charge in [-0.05, 0) is 55.7 Å². The minimum Gasteiger partial charge on any atom is -0.462 e. The van der Waals surface area contributed by atoms with Crippen molar-refractivity contribution in [1.29, 1.82) is 0 Å². The van der Waals surface area contributed by atoms with Gasteiger partial charge in [0.15, 0.2) is 0 Å². The molecule has 0 fully saturated rings. The van der Waals surface area contributed by atoms with Crippen LogP contribution in [0.4, 0.5) is 24.5 Å². The van der Waals surface area contributed by atoms with Crippen LogP contribution in [0.25, 0.3) is 5.69 Å². The molecule has 1 aromatic heterocycles. The van der Waals surface area contributed by atoms with Gasteiger partial charge in [-0.3, -0.25) is 13.9 Å². The number of benzene rings is 2. The zero-order chi connectivity index (χ0) is 26.4. The maximum atomic E-state index is 13.5. The Kier molecular flexibility index (Phi) is 6.39. The topological polar surface area (TPSA) is 115 Å². The number of ether oxygens (including phenoxy) is 1. The van der Waals surface area contributed by atoms with Crippen LogP contribution in [0.3, 0.4) is 0 Å². The molecule has 0 bridgehead atoms. The van der Waals surface area contributed by atoms with E-state index in [4.69, 9.17) is 4.74 Å². The third-order valence-electron chi connectivity index (χ3n) is 5.93. The van der Waals surface area contributed by atoms with E-state index in [1.54, 1.807) is 26.0 Å². The molecular weight excluding hydrogens is 481 g/mol. The van der Waals surface area contributed by atoms with Gasteiger partial charge in [0.2, 0.25) is 6.35 Å². The summed E-state index contributed by atoms with van der Waals surface area (Å²) in [5.74, 6) is -0.972. The number of carbonyl (C=O) groups excluding carboxylic acids is 1. The first-order valence-electron chi connectivity index (χ1n) is 11.0. The Labute approximate surface area is 202 Å². The molecule has 0 saturated carbocycles. The molecule has 2 aromatic carbocycles. The standard InChI is InChI=1S/C24H23F3N4O5/c1-4-36-21(33)15-11-30(19-9-18-17(8-12(19)2)28-22(34)29-18)23(35)31(20(15)32)10-14-6-5-7-16(13(14)3)24(25,26)27/h5-9,11,22,28-29,34H,4,10H2,1-3H3. The van der Waals surface area contributed by atoms with Crippen molar-refractivity contribution in [2.45, 2.75) is 39.8 Å². The van der Waals surface area contributed by atoms with E-state index in [0.717, 1.165) is 16.8 Å². The number of aliphatic hydroxyl groups excluding tert-OH is 1. The summed E-state index contributed by atoms with van der Waals surface area (Å²) in [4.78, 5) is 39.3. The minimum atomic E-state index is -4.62. The third kappa shape index (κ3) is 4.47. The first-order chi connectivity index (χ1) is 16.9. The molecule has 1 aliphatic rings. The summed E-state index contributed by atoms with van der Waals surface area (Å²) in [7, 11) is 0. The van der Waals surface area contributed by atoms with Gasteiger partial charge in [0.05, 0.1) is 35.8 Å². The molecule has 0 spiro atoms. The number of halogens is 3. The summed E-state index contributed by atoms with van der Waals surface area (Å²) in [6.45, 7) is 3.96. The molecule has 1 atom stereocenters. The molecule has 1 aliphatic heterocycles. The van der Waals surface area contributed by atoms with Crippen molar-refractivity contribution < 1.29 is 27.8 Å². The lowest BCUT2D eigenvalue weighted by molar-refractivity contribution is -0.138. The fourth-order valence-corrected chi connectivity index (χ4v) is 4.12. The Balaban J connectivity index is 1.93. The summed E-state index contributed by atoms with van der Waals surface area (Å²) in [6, 6.07) is 6.71. The van der Waals surface area contributed by atoms with Crippen molar-refractivity contribution >= 4 is 17.3 Å². The Hall–Kier alpha value is -4.06. The molecule has 0 aliphatic carbocycles. The van der Waals surface area contributed by atoms with Crippen LogP contribution in [-0.2, 0) is 17.5 Å². The van der Waals surface area contributed by atoms with E-state index in [0.29, 0.717) is 27.2 Å². The van der Waals surface area contributed by atoms with Gasteiger partial charge in [0.1, 0.15) is 5.56 Å². The smallest absolute Gasteiger partial charge is 0.416 e. The number of rotatable bonds is 5. The van der Waals surface area contributed by atoms with Gasteiger partial charge in [-0.25, -0.2) is 9.59 Å². The number of hydrogen-bond donors (Lipinski definition) is 3. The predicted octanol–water partition coefficient (Wildman–Crippen LogP) is 2.97. The van der Waals surface area contributed by atoms with Gasteiger partial charge in [0, 0.05) is 6.20 Å². The number of esters is 1. The molecule has 3 N–H and O–H groups in total. The highest BCUT2D eigenvalue weighted by Gasteiger charge is 2.33. The highest BCUT2D eigenvalue weighted by Crippen LogP contribution is 2.34. The zero-order valence-electron chi connectivity index (χ0n) is 19.6. The van der Waals surface area contributed by atoms with Crippen LogP contribution in [0.5, 0.6) is 0 Å². The third-order valence-corrected chi connectivity index (χ3v) is 5.93. The average Bonchev–Trinajstić information content (AvgIpc) is 3.15. The normalized spacial score (nSPS) is 14.7. The molecule has 0 radical (unpaired) electrons. The van der Waals surface area contributed by atoms with Crippen LogP contribution in [-0.4, -0.2) is 33.2 Å². The van der Waals surface area contributed by atoms with Crippen molar-refractivity contribution in [2.75, 3.05) is 17.2 Å². The number of carbonyl (C=O) groups is 1. The second-order valence-electron chi connectivity index (χ2n) is 8.27. The summed E-state index contributed by atoms with van der Waals surface area (Å²) >= 11 is 0. The monoisotopic (exact) mass is 504 g/mol. The molecule has 2 heterocycles. The molecular formula is C24H23F3N4O5. The lowest BCUT2D eigenvalue weighted by Crippen LogP contribution is -2.42. The maximum Gasteiger partial charge on any atom is 0.416 e. The molecule has 3 aromatic rings. The summed E-state index contributed by atoms with van der Waals surface area (Å²) in [5, 5.41) is 15.4. The highest BCUT2D eigenvalue weighted by atomic mass is 19.4. The van der Waals surface area contributed by atoms with Crippen LogP contribution in [0.15, 0.2) is 46.1 Å². The van der Waals surface area contributed by atoms with E-state index in [9.17, 15) is 32.7 Å². The number of aromatic nitrogens is 2. The summed E-state index contributed by atoms with van der Waals surface area (Å²) in [6.07, 6.45) is -4.60. The van der Waals surface area contributed by atoms with Crippen molar-refractivity contribution in [2.24, 2.45) is 0 Å². The fraction of sp³-hybridized carbons (Fsp3) is 0.292. The summed E-state index contributed by atoms with van der Waals surface area (Å²) in [5.41, 5.74) is -1.32. The number of aliphatic hydroxyl groups is 1. The largest absolute Gasteiger partial charge is 0.462 e. The number of alkyl halides is 3. The van der Waals surface area contributed by atoms with Crippen LogP contribution < -0.4 is 21.9 Å². The molecule has 0 saturated heterocycles. The molecule has 36 heavy (non-hydrogen) atoms. The quantitative estimate of drug-likeness (QED) is 0.458. The Morgan fingerprint density at radius 1 is 1.14 bits per heavy atom. The molecule has 12 heteroatoms. The number of aryl methyl sites for hydroxylation is 1. The van der Waals surface area contributed by atoms with Gasteiger partial charge < -0.3 is 20.5 Å². The number of anilines is 2. The number of hydrogen-bond acceptors (Lipinski definition) is 7. The lowest BCUT2D eigenvalue weighted by Gasteiger charge is -2.17. The Morgan fingerprint density at radius 2 is 1.81 bits per heavy atom. The second-order valence-corrected chi connectivity index (χ2v) is 8.27. The van der Waals surface area contributed by atoms with Crippen LogP contribution >= 0.6 is 0 Å². The van der Waals surface area contributed by atoms with Crippen LogP contribution in [0.2, 0.25) is 0 Å². The predicted molar refractivity (Wildman–Crippen MR) is 126 cm³/mol. The SMILES string of the molecule is CCOC(=O)c1cn(-c2cc3c(cc2C)NC(O)N3)c(=O)n(Cc2cccc(C(F)(F)F)c2C)c1=O. The van der Waals surface area contributed by atoms with E-state index in [2.05, 4.69) is 10.6 Å². The first-order valence-corrected chi connectivity index (χ1v) is 11.0. The maximum absolute atomic E-state index is 13.5. The Bertz CT molecular complexity index is 1480. The summed E-state index contributed by atoms with van der Waals surface area (Å²) < 4.78 is 47.0. The zero-order valence-corrected chi connectivity index (χ0v) is 19.6. The van der Waals surface area contributed by atoms with Gasteiger partial charge in [-0.2, -0.15) is 13.2 Å².